The number of morpholine rings is 1. The maximum Gasteiger partial charge on any atom is 0.274 e. The molecule has 0 saturated carbocycles. The minimum Gasteiger partial charge on any atom is -0.379 e. The van der Waals surface area contributed by atoms with Gasteiger partial charge in [0.1, 0.15) is 17.7 Å². The van der Waals surface area contributed by atoms with Gasteiger partial charge >= 0.3 is 0 Å². The molecule has 0 bridgehead atoms. The summed E-state index contributed by atoms with van der Waals surface area (Å²) >= 11 is 0. The van der Waals surface area contributed by atoms with Crippen molar-refractivity contribution in [3.63, 3.8) is 0 Å². The van der Waals surface area contributed by atoms with Gasteiger partial charge in [0.15, 0.2) is 17.2 Å². The van der Waals surface area contributed by atoms with Crippen LogP contribution in [0.5, 0.6) is 0 Å². The third-order valence-corrected chi connectivity index (χ3v) is 8.90. The van der Waals surface area contributed by atoms with E-state index >= 15 is 0 Å². The number of aromatic nitrogens is 1. The molecule has 0 aliphatic carbocycles. The monoisotopic (exact) mass is 675 g/mol. The number of ketones is 1. The van der Waals surface area contributed by atoms with Gasteiger partial charge in [-0.15, -0.1) is 0 Å². The number of methoxy groups -OCH3 is 1. The summed E-state index contributed by atoms with van der Waals surface area (Å²) in [5.41, 5.74) is 0.893. The van der Waals surface area contributed by atoms with Crippen molar-refractivity contribution in [3.05, 3.63) is 89.3 Å². The maximum absolute atomic E-state index is 13.9. The molecule has 3 amide bonds. The van der Waals surface area contributed by atoms with E-state index in [2.05, 4.69) is 26.0 Å². The molecule has 2 aliphatic heterocycles. The zero-order valence-corrected chi connectivity index (χ0v) is 28.2. The minimum absolute atomic E-state index is 0.0402. The van der Waals surface area contributed by atoms with E-state index in [1.165, 1.54) is 7.11 Å². The molecule has 13 nitrogen and oxygen atoms in total. The van der Waals surface area contributed by atoms with Gasteiger partial charge in [-0.2, -0.15) is 0 Å². The molecular formula is C36H45N5O8. The lowest BCUT2D eigenvalue weighted by Crippen LogP contribution is -2.60. The predicted molar refractivity (Wildman–Crippen MR) is 178 cm³/mol. The van der Waals surface area contributed by atoms with Gasteiger partial charge < -0.3 is 34.7 Å². The van der Waals surface area contributed by atoms with E-state index < -0.39 is 47.6 Å². The Kier molecular flexibility index (Phi) is 12.3. The first-order valence-corrected chi connectivity index (χ1v) is 16.6. The summed E-state index contributed by atoms with van der Waals surface area (Å²) in [5, 5.41) is 12.4. The number of nitrogens with zero attached hydrogens (tertiary/aromatic N) is 2. The maximum atomic E-state index is 13.9. The molecule has 0 spiro atoms. The molecule has 2 fully saturated rings. The fourth-order valence-corrected chi connectivity index (χ4v) is 5.66. The van der Waals surface area contributed by atoms with Gasteiger partial charge in [0.25, 0.3) is 5.91 Å². The summed E-state index contributed by atoms with van der Waals surface area (Å²) in [4.78, 5) is 56.7. The summed E-state index contributed by atoms with van der Waals surface area (Å²) in [5.74, 6) is -1.51. The number of nitrogens with one attached hydrogen (secondary N) is 3. The van der Waals surface area contributed by atoms with Crippen LogP contribution < -0.4 is 16.0 Å². The molecule has 3 heterocycles. The summed E-state index contributed by atoms with van der Waals surface area (Å²) in [6, 6.07) is 17.3. The normalized spacial score (nSPS) is 20.0. The molecule has 49 heavy (non-hydrogen) atoms. The molecule has 0 radical (unpaired) electrons. The first-order chi connectivity index (χ1) is 23.6. The van der Waals surface area contributed by atoms with E-state index in [1.807, 2.05) is 60.7 Å². The molecule has 5 atom stereocenters. The van der Waals surface area contributed by atoms with Gasteiger partial charge in [-0.25, -0.2) is 0 Å². The summed E-state index contributed by atoms with van der Waals surface area (Å²) in [6.45, 7) is 6.82. The molecule has 262 valence electrons. The number of epoxide rings is 1. The summed E-state index contributed by atoms with van der Waals surface area (Å²) in [6.07, 6.45) is 0.185. The van der Waals surface area contributed by atoms with Gasteiger partial charge in [-0.05, 0) is 44.2 Å². The van der Waals surface area contributed by atoms with Crippen molar-refractivity contribution < 1.29 is 37.9 Å². The number of hydrogen-bond acceptors (Lipinski definition) is 10. The number of rotatable bonds is 17. The molecule has 1 aromatic heterocycles. The van der Waals surface area contributed by atoms with Crippen molar-refractivity contribution in [3.8, 4) is 0 Å². The largest absolute Gasteiger partial charge is 0.379 e. The van der Waals surface area contributed by atoms with Gasteiger partial charge in [0, 0.05) is 26.3 Å². The van der Waals surface area contributed by atoms with Gasteiger partial charge in [-0.3, -0.25) is 24.1 Å². The lowest BCUT2D eigenvalue weighted by molar-refractivity contribution is -0.135. The highest BCUT2D eigenvalue weighted by molar-refractivity contribution is 5.99. The molecule has 2 aliphatic rings. The summed E-state index contributed by atoms with van der Waals surface area (Å²) in [7, 11) is 1.43. The summed E-state index contributed by atoms with van der Waals surface area (Å²) < 4.78 is 21.7. The first kappa shape index (κ1) is 35.9. The van der Waals surface area contributed by atoms with Crippen LogP contribution in [-0.2, 0) is 48.0 Å². The smallest absolute Gasteiger partial charge is 0.274 e. The number of carbonyl (C=O) groups is 4. The van der Waals surface area contributed by atoms with E-state index in [0.717, 1.165) is 24.2 Å². The van der Waals surface area contributed by atoms with Crippen LogP contribution in [0.25, 0.3) is 0 Å². The van der Waals surface area contributed by atoms with Crippen LogP contribution in [0.2, 0.25) is 0 Å². The molecule has 3 N–H and O–H groups in total. The number of hydrogen-bond donors (Lipinski definition) is 3. The number of amides is 3. The Balaban J connectivity index is 1.30. The highest BCUT2D eigenvalue weighted by atomic mass is 16.6. The van der Waals surface area contributed by atoms with Gasteiger partial charge in [0.05, 0.1) is 38.5 Å². The molecule has 0 unspecified atom stereocenters. The molecule has 5 rings (SSSR count). The van der Waals surface area contributed by atoms with Crippen LogP contribution in [0.15, 0.2) is 71.3 Å². The van der Waals surface area contributed by atoms with E-state index in [4.69, 9.17) is 18.7 Å². The number of carbonyl (C=O) groups excluding carboxylic acids is 4. The Labute approximate surface area is 286 Å². The molecule has 2 aromatic carbocycles. The molecule has 13 heteroatoms. The minimum atomic E-state index is -1.18. The highest BCUT2D eigenvalue weighted by Gasteiger charge is 2.50. The third-order valence-electron chi connectivity index (χ3n) is 8.90. The second-order valence-corrected chi connectivity index (χ2v) is 12.7. The second-order valence-electron chi connectivity index (χ2n) is 12.7. The van der Waals surface area contributed by atoms with E-state index in [0.29, 0.717) is 31.9 Å². The van der Waals surface area contributed by atoms with E-state index in [-0.39, 0.29) is 30.9 Å². The van der Waals surface area contributed by atoms with Gasteiger partial charge in [0.2, 0.25) is 11.8 Å². The van der Waals surface area contributed by atoms with Crippen molar-refractivity contribution in [1.82, 2.24) is 26.0 Å². The average Bonchev–Trinajstić information content (AvgIpc) is 3.71. The standard InChI is InChI=1S/C36H45N5O8/c1-24(46-3)31(35(45)38-29(32(42)36(2)23-48-36)20-26-12-8-5-9-13-26)39-33(43)28(15-14-25-10-6-4-7-11-25)37-34(44)30-21-27(49-40-30)22-41-16-18-47-19-17-41/h4-13,21,24,28-29,31H,14-20,22-23H2,1-3H3,(H,37,44)(H,38,45)(H,39,43)/t24-,28+,29+,31+,36-/m1/s1. The number of benzene rings is 2. The Morgan fingerprint density at radius 2 is 1.57 bits per heavy atom. The molecular weight excluding hydrogens is 630 g/mol. The Morgan fingerprint density at radius 1 is 0.918 bits per heavy atom. The highest BCUT2D eigenvalue weighted by Crippen LogP contribution is 2.29. The Hall–Kier alpha value is -4.43. The van der Waals surface area contributed by atoms with Crippen molar-refractivity contribution in [2.75, 3.05) is 40.0 Å². The second kappa shape index (κ2) is 16.8. The van der Waals surface area contributed by atoms with Crippen molar-refractivity contribution in [2.45, 2.75) is 69.5 Å². The number of ether oxygens (including phenoxy) is 3. The number of aryl methyl sites for hydroxylation is 1. The molecule has 2 saturated heterocycles. The van der Waals surface area contributed by atoms with Gasteiger partial charge in [-0.1, -0.05) is 65.8 Å². The zero-order valence-electron chi connectivity index (χ0n) is 28.2. The number of Topliss-reactive ketones (excluding diaryl/α,β-unsaturated/α-hetero) is 1. The molecule has 3 aromatic rings. The average molecular weight is 676 g/mol. The zero-order chi connectivity index (χ0) is 34.8. The fraction of sp³-hybridized carbons (Fsp3) is 0.472. The van der Waals surface area contributed by atoms with Crippen LogP contribution in [0, 0.1) is 0 Å². The lowest BCUT2D eigenvalue weighted by atomic mass is 9.94. The first-order valence-electron chi connectivity index (χ1n) is 16.6. The van der Waals surface area contributed by atoms with Crippen LogP contribution in [0.4, 0.5) is 0 Å². The van der Waals surface area contributed by atoms with Crippen molar-refractivity contribution >= 4 is 23.5 Å². The Bertz CT molecular complexity index is 1560. The lowest BCUT2D eigenvalue weighted by Gasteiger charge is -2.28. The fourth-order valence-electron chi connectivity index (χ4n) is 5.66. The van der Waals surface area contributed by atoms with Crippen LogP contribution in [-0.4, -0.2) is 103 Å². The Morgan fingerprint density at radius 3 is 2.20 bits per heavy atom. The van der Waals surface area contributed by atoms with Crippen LogP contribution >= 0.6 is 0 Å². The van der Waals surface area contributed by atoms with Crippen molar-refractivity contribution in [2.24, 2.45) is 0 Å². The van der Waals surface area contributed by atoms with E-state index in [9.17, 15) is 19.2 Å². The van der Waals surface area contributed by atoms with E-state index in [1.54, 1.807) is 19.9 Å². The SMILES string of the molecule is CO[C@H](C)[C@H](NC(=O)[C@H](CCc1ccccc1)NC(=O)c1cc(CN2CCOCC2)on1)C(=O)N[C@@H](Cc1ccccc1)C(=O)[C@@]1(C)CO1. The van der Waals surface area contributed by atoms with Crippen molar-refractivity contribution in [1.29, 1.82) is 0 Å². The van der Waals surface area contributed by atoms with Crippen LogP contribution in [0.1, 0.15) is 47.6 Å². The van der Waals surface area contributed by atoms with Crippen LogP contribution in [0.3, 0.4) is 0 Å². The topological polar surface area (TPSA) is 165 Å². The third kappa shape index (κ3) is 10.0. The quantitative estimate of drug-likeness (QED) is 0.180. The predicted octanol–water partition coefficient (Wildman–Crippen LogP) is 1.84.